The third-order valence-corrected chi connectivity index (χ3v) is 4.81. The number of hydrogen-bond acceptors (Lipinski definition) is 5. The average Bonchev–Trinajstić information content (AvgIpc) is 3.43. The molecule has 0 saturated heterocycles. The summed E-state index contributed by atoms with van der Waals surface area (Å²) < 4.78 is 11.1. The Morgan fingerprint density at radius 2 is 1.97 bits per heavy atom. The van der Waals surface area contributed by atoms with Gasteiger partial charge in [0.2, 0.25) is 0 Å². The Kier molecular flexibility index (Phi) is 5.32. The van der Waals surface area contributed by atoms with Gasteiger partial charge in [0.25, 0.3) is 5.91 Å². The molecular formula is C22H16ClN3O3. The number of benzene rings is 2. The molecule has 0 unspecified atom stereocenters. The molecule has 0 bridgehead atoms. The third-order valence-electron chi connectivity index (χ3n) is 4.56. The molecule has 1 atom stereocenters. The molecule has 6 nitrogen and oxygen atoms in total. The molecule has 2 aromatic carbocycles. The number of amides is 1. The van der Waals surface area contributed by atoms with Gasteiger partial charge in [-0.25, -0.2) is 5.01 Å². The average molecular weight is 406 g/mol. The molecule has 3 aromatic rings. The number of nitrogens with zero attached hydrogens (tertiary/aromatic N) is 3. The van der Waals surface area contributed by atoms with E-state index in [0.29, 0.717) is 28.5 Å². The van der Waals surface area contributed by atoms with Crippen molar-refractivity contribution >= 4 is 23.2 Å². The van der Waals surface area contributed by atoms with Crippen LogP contribution in [0.4, 0.5) is 0 Å². The first-order valence-electron chi connectivity index (χ1n) is 8.96. The second-order valence-corrected chi connectivity index (χ2v) is 6.89. The first kappa shape index (κ1) is 18.8. The largest absolute Gasteiger partial charge is 0.484 e. The number of carbonyl (C=O) groups excluding carboxylic acids is 1. The van der Waals surface area contributed by atoms with Gasteiger partial charge >= 0.3 is 0 Å². The van der Waals surface area contributed by atoms with Crippen molar-refractivity contribution in [2.24, 2.45) is 5.10 Å². The van der Waals surface area contributed by atoms with E-state index in [9.17, 15) is 4.79 Å². The van der Waals surface area contributed by atoms with E-state index in [1.54, 1.807) is 48.7 Å². The highest BCUT2D eigenvalue weighted by atomic mass is 35.5. The van der Waals surface area contributed by atoms with Gasteiger partial charge in [-0.05, 0) is 54.1 Å². The summed E-state index contributed by atoms with van der Waals surface area (Å²) >= 11 is 5.97. The summed E-state index contributed by atoms with van der Waals surface area (Å²) in [5, 5.41) is 15.4. The van der Waals surface area contributed by atoms with Crippen molar-refractivity contribution in [3.05, 3.63) is 88.8 Å². The highest BCUT2D eigenvalue weighted by Gasteiger charge is 2.35. The first-order valence-corrected chi connectivity index (χ1v) is 9.33. The number of carbonyl (C=O) groups is 1. The quantitative estimate of drug-likeness (QED) is 0.623. The van der Waals surface area contributed by atoms with Crippen LogP contribution in [0.15, 0.2) is 76.4 Å². The van der Waals surface area contributed by atoms with Gasteiger partial charge in [0.05, 0.1) is 23.6 Å². The van der Waals surface area contributed by atoms with Crippen LogP contribution in [0.2, 0.25) is 5.02 Å². The summed E-state index contributed by atoms with van der Waals surface area (Å²) in [5.74, 6) is 0.872. The van der Waals surface area contributed by atoms with Gasteiger partial charge in [-0.3, -0.25) is 4.79 Å². The molecule has 1 amide bonds. The van der Waals surface area contributed by atoms with E-state index >= 15 is 0 Å². The highest BCUT2D eigenvalue weighted by molar-refractivity contribution is 6.30. The van der Waals surface area contributed by atoms with Crippen molar-refractivity contribution in [3.8, 4) is 11.8 Å². The fourth-order valence-corrected chi connectivity index (χ4v) is 3.22. The molecule has 0 N–H and O–H groups in total. The molecule has 0 spiro atoms. The molecule has 29 heavy (non-hydrogen) atoms. The predicted octanol–water partition coefficient (Wildman–Crippen LogP) is 4.56. The van der Waals surface area contributed by atoms with Gasteiger partial charge in [-0.1, -0.05) is 23.7 Å². The van der Waals surface area contributed by atoms with E-state index in [0.717, 1.165) is 11.3 Å². The van der Waals surface area contributed by atoms with E-state index in [4.69, 9.17) is 26.0 Å². The van der Waals surface area contributed by atoms with E-state index < -0.39 is 0 Å². The van der Waals surface area contributed by atoms with E-state index in [1.807, 2.05) is 24.3 Å². The van der Waals surface area contributed by atoms with Gasteiger partial charge < -0.3 is 9.15 Å². The maximum atomic E-state index is 12.9. The summed E-state index contributed by atoms with van der Waals surface area (Å²) in [6.45, 7) is -0.180. The maximum Gasteiger partial charge on any atom is 0.281 e. The Labute approximate surface area is 172 Å². The molecule has 7 heteroatoms. The van der Waals surface area contributed by atoms with Crippen LogP contribution in [0.3, 0.4) is 0 Å². The molecule has 144 valence electrons. The van der Waals surface area contributed by atoms with Crippen molar-refractivity contribution in [2.45, 2.75) is 12.5 Å². The minimum atomic E-state index is -0.340. The monoisotopic (exact) mass is 405 g/mol. The van der Waals surface area contributed by atoms with Gasteiger partial charge in [0, 0.05) is 11.4 Å². The van der Waals surface area contributed by atoms with Crippen LogP contribution >= 0.6 is 11.6 Å². The van der Waals surface area contributed by atoms with Crippen molar-refractivity contribution in [1.29, 1.82) is 5.26 Å². The SMILES string of the molecule is N#Cc1ccc(OCC(=O)N2N=C(c3ccc(Cl)cc3)C[C@@H]2c2ccco2)cc1. The number of rotatable bonds is 5. The van der Waals surface area contributed by atoms with Crippen LogP contribution in [0, 0.1) is 11.3 Å². The van der Waals surface area contributed by atoms with E-state index in [2.05, 4.69) is 5.10 Å². The number of hydrogen-bond donors (Lipinski definition) is 0. The minimum Gasteiger partial charge on any atom is -0.484 e. The lowest BCUT2D eigenvalue weighted by Crippen LogP contribution is -2.31. The van der Waals surface area contributed by atoms with Crippen molar-refractivity contribution in [3.63, 3.8) is 0 Å². The van der Waals surface area contributed by atoms with Gasteiger partial charge in [-0.15, -0.1) is 0 Å². The number of nitriles is 1. The van der Waals surface area contributed by atoms with Crippen LogP contribution in [0.5, 0.6) is 5.75 Å². The Bertz CT molecular complexity index is 1070. The third kappa shape index (κ3) is 4.15. The molecule has 2 heterocycles. The summed E-state index contributed by atoms with van der Waals surface area (Å²) in [6.07, 6.45) is 2.10. The Morgan fingerprint density at radius 1 is 1.21 bits per heavy atom. The summed E-state index contributed by atoms with van der Waals surface area (Å²) in [5.41, 5.74) is 2.20. The normalized spacial score (nSPS) is 15.7. The number of hydrazone groups is 1. The van der Waals surface area contributed by atoms with Crippen LogP contribution in [0.25, 0.3) is 0 Å². The Morgan fingerprint density at radius 3 is 2.62 bits per heavy atom. The lowest BCUT2D eigenvalue weighted by atomic mass is 10.0. The first-order chi connectivity index (χ1) is 14.1. The van der Waals surface area contributed by atoms with Crippen LogP contribution in [0.1, 0.15) is 29.3 Å². The minimum absolute atomic E-state index is 0.180. The summed E-state index contributed by atoms with van der Waals surface area (Å²) in [4.78, 5) is 12.9. The fourth-order valence-electron chi connectivity index (χ4n) is 3.10. The zero-order valence-electron chi connectivity index (χ0n) is 15.3. The molecule has 1 aliphatic heterocycles. The van der Waals surface area contributed by atoms with Crippen LogP contribution in [-0.4, -0.2) is 23.2 Å². The number of halogens is 1. The second kappa shape index (κ2) is 8.21. The molecule has 1 aliphatic rings. The van der Waals surface area contributed by atoms with Crippen LogP contribution in [-0.2, 0) is 4.79 Å². The molecular weight excluding hydrogens is 390 g/mol. The maximum absolute atomic E-state index is 12.9. The number of furan rings is 1. The van der Waals surface area contributed by atoms with E-state index in [1.165, 1.54) is 5.01 Å². The lowest BCUT2D eigenvalue weighted by Gasteiger charge is -2.20. The van der Waals surface area contributed by atoms with Gasteiger partial charge in [-0.2, -0.15) is 10.4 Å². The summed E-state index contributed by atoms with van der Waals surface area (Å²) in [6, 6.07) is 19.2. The number of ether oxygens (including phenoxy) is 1. The van der Waals surface area contributed by atoms with Crippen LogP contribution < -0.4 is 4.74 Å². The van der Waals surface area contributed by atoms with Crippen molar-refractivity contribution in [1.82, 2.24) is 5.01 Å². The summed E-state index contributed by atoms with van der Waals surface area (Å²) in [7, 11) is 0. The fraction of sp³-hybridized carbons (Fsp3) is 0.136. The lowest BCUT2D eigenvalue weighted by molar-refractivity contribution is -0.135. The molecule has 0 fully saturated rings. The second-order valence-electron chi connectivity index (χ2n) is 6.45. The topological polar surface area (TPSA) is 78.8 Å². The van der Waals surface area contributed by atoms with Crippen molar-refractivity contribution < 1.29 is 13.9 Å². The zero-order chi connectivity index (χ0) is 20.2. The Hall–Kier alpha value is -3.56. The molecule has 0 radical (unpaired) electrons. The highest BCUT2D eigenvalue weighted by Crippen LogP contribution is 2.33. The molecule has 0 aliphatic carbocycles. The molecule has 4 rings (SSSR count). The predicted molar refractivity (Wildman–Crippen MR) is 108 cm³/mol. The van der Waals surface area contributed by atoms with Gasteiger partial charge in [0.15, 0.2) is 6.61 Å². The molecule has 0 saturated carbocycles. The smallest absolute Gasteiger partial charge is 0.281 e. The zero-order valence-corrected chi connectivity index (χ0v) is 16.0. The Balaban J connectivity index is 1.53. The van der Waals surface area contributed by atoms with Crippen molar-refractivity contribution in [2.75, 3.05) is 6.61 Å². The standard InChI is InChI=1S/C22H16ClN3O3/c23-17-7-5-16(6-8-17)19-12-20(21-2-1-11-28-21)26(25-19)22(27)14-29-18-9-3-15(13-24)4-10-18/h1-11,20H,12,14H2/t20-/m1/s1. The molecule has 1 aromatic heterocycles. The van der Waals surface area contributed by atoms with E-state index in [-0.39, 0.29) is 18.6 Å². The van der Waals surface area contributed by atoms with Gasteiger partial charge in [0.1, 0.15) is 17.6 Å².